The van der Waals surface area contributed by atoms with E-state index in [1.165, 1.54) is 12.1 Å². The molecule has 0 radical (unpaired) electrons. The Morgan fingerprint density at radius 3 is 2.42 bits per heavy atom. The number of anilines is 1. The molecule has 0 aliphatic rings. The van der Waals surface area contributed by atoms with Crippen molar-refractivity contribution in [3.8, 4) is 0 Å². The maximum atomic E-state index is 12.9. The molecule has 2 aromatic rings. The summed E-state index contributed by atoms with van der Waals surface area (Å²) in [5, 5.41) is 3.05. The normalized spacial score (nSPS) is 10.7. The maximum Gasteiger partial charge on any atom is 0.123 e. The largest absolute Gasteiger partial charge is 0.463 e. The van der Waals surface area contributed by atoms with Gasteiger partial charge in [-0.3, -0.25) is 0 Å². The highest BCUT2D eigenvalue weighted by atomic mass is 19.1. The lowest BCUT2D eigenvalue weighted by molar-refractivity contribution is 0.451. The zero-order chi connectivity index (χ0) is 13.7. The van der Waals surface area contributed by atoms with Crippen molar-refractivity contribution in [3.05, 3.63) is 53.7 Å². The summed E-state index contributed by atoms with van der Waals surface area (Å²) in [7, 11) is 1.89. The first-order valence-electron chi connectivity index (χ1n) is 6.45. The van der Waals surface area contributed by atoms with Crippen LogP contribution in [0.1, 0.15) is 18.4 Å². The van der Waals surface area contributed by atoms with Crippen LogP contribution in [0.15, 0.2) is 40.8 Å². The minimum Gasteiger partial charge on any atom is -0.463 e. The number of rotatable bonds is 6. The third kappa shape index (κ3) is 3.58. The quantitative estimate of drug-likeness (QED) is 0.866. The fourth-order valence-electron chi connectivity index (χ4n) is 2.00. The number of nitrogens with zero attached hydrogens (tertiary/aromatic N) is 1. The van der Waals surface area contributed by atoms with Gasteiger partial charge in [0.05, 0.1) is 13.1 Å². The molecule has 0 saturated heterocycles. The molecule has 0 bridgehead atoms. The molecule has 1 aromatic heterocycles. The molecule has 1 heterocycles. The standard InChI is InChI=1S/C15H19FN2O/c1-3-18(13-6-4-12(16)5-7-13)11-15-9-8-14(19-15)10-17-2/h4-9,17H,3,10-11H2,1-2H3. The Hall–Kier alpha value is -1.81. The topological polar surface area (TPSA) is 28.4 Å². The molecule has 19 heavy (non-hydrogen) atoms. The molecule has 0 unspecified atom stereocenters. The van der Waals surface area contributed by atoms with Crippen molar-refractivity contribution in [1.29, 1.82) is 0 Å². The van der Waals surface area contributed by atoms with Crippen molar-refractivity contribution in [1.82, 2.24) is 5.32 Å². The van der Waals surface area contributed by atoms with Gasteiger partial charge in [0.15, 0.2) is 0 Å². The van der Waals surface area contributed by atoms with E-state index in [1.54, 1.807) is 12.1 Å². The van der Waals surface area contributed by atoms with Gasteiger partial charge in [-0.2, -0.15) is 0 Å². The predicted molar refractivity (Wildman–Crippen MR) is 74.6 cm³/mol. The summed E-state index contributed by atoms with van der Waals surface area (Å²) in [5.74, 6) is 1.62. The van der Waals surface area contributed by atoms with E-state index in [0.29, 0.717) is 6.54 Å². The van der Waals surface area contributed by atoms with Gasteiger partial charge in [-0.25, -0.2) is 4.39 Å². The molecule has 4 heteroatoms. The fraction of sp³-hybridized carbons (Fsp3) is 0.333. The average Bonchev–Trinajstić information content (AvgIpc) is 2.85. The molecular formula is C15H19FN2O. The van der Waals surface area contributed by atoms with Crippen LogP contribution in [0.25, 0.3) is 0 Å². The SMILES string of the molecule is CCN(Cc1ccc(CNC)o1)c1ccc(F)cc1. The van der Waals surface area contributed by atoms with Gasteiger partial charge >= 0.3 is 0 Å². The molecule has 0 spiro atoms. The van der Waals surface area contributed by atoms with E-state index >= 15 is 0 Å². The van der Waals surface area contributed by atoms with Crippen molar-refractivity contribution in [2.45, 2.75) is 20.0 Å². The lowest BCUT2D eigenvalue weighted by Gasteiger charge is -2.21. The second-order valence-electron chi connectivity index (χ2n) is 4.39. The summed E-state index contributed by atoms with van der Waals surface area (Å²) in [4.78, 5) is 2.14. The summed E-state index contributed by atoms with van der Waals surface area (Å²) < 4.78 is 18.6. The van der Waals surface area contributed by atoms with E-state index in [4.69, 9.17) is 4.42 Å². The van der Waals surface area contributed by atoms with Crippen LogP contribution in [-0.4, -0.2) is 13.6 Å². The second-order valence-corrected chi connectivity index (χ2v) is 4.39. The molecule has 0 saturated carbocycles. The predicted octanol–water partition coefficient (Wildman–Crippen LogP) is 3.16. The third-order valence-corrected chi connectivity index (χ3v) is 2.99. The molecular weight excluding hydrogens is 243 g/mol. The van der Waals surface area contributed by atoms with Crippen LogP contribution in [0.4, 0.5) is 10.1 Å². The molecule has 0 amide bonds. The van der Waals surface area contributed by atoms with Gasteiger partial charge in [-0.05, 0) is 50.4 Å². The zero-order valence-electron chi connectivity index (χ0n) is 11.3. The van der Waals surface area contributed by atoms with Crippen LogP contribution in [0.5, 0.6) is 0 Å². The molecule has 0 aliphatic carbocycles. The van der Waals surface area contributed by atoms with Gasteiger partial charge in [0.2, 0.25) is 0 Å². The molecule has 1 N–H and O–H groups in total. The summed E-state index contributed by atoms with van der Waals surface area (Å²) in [5.41, 5.74) is 0.996. The average molecular weight is 262 g/mol. The Bertz CT molecular complexity index is 507. The van der Waals surface area contributed by atoms with E-state index in [9.17, 15) is 4.39 Å². The van der Waals surface area contributed by atoms with Crippen LogP contribution >= 0.6 is 0 Å². The summed E-state index contributed by atoms with van der Waals surface area (Å²) >= 11 is 0. The van der Waals surface area contributed by atoms with Crippen molar-refractivity contribution in [2.75, 3.05) is 18.5 Å². The minimum absolute atomic E-state index is 0.214. The minimum atomic E-state index is -0.214. The van der Waals surface area contributed by atoms with Crippen LogP contribution in [-0.2, 0) is 13.1 Å². The molecule has 102 valence electrons. The second kappa shape index (κ2) is 6.38. The third-order valence-electron chi connectivity index (χ3n) is 2.99. The maximum absolute atomic E-state index is 12.9. The Labute approximate surface area is 113 Å². The van der Waals surface area contributed by atoms with E-state index in [0.717, 1.165) is 30.3 Å². The number of nitrogens with one attached hydrogen (secondary N) is 1. The fourth-order valence-corrected chi connectivity index (χ4v) is 2.00. The number of furan rings is 1. The lowest BCUT2D eigenvalue weighted by Crippen LogP contribution is -2.21. The van der Waals surface area contributed by atoms with Crippen molar-refractivity contribution < 1.29 is 8.81 Å². The van der Waals surface area contributed by atoms with Crippen molar-refractivity contribution >= 4 is 5.69 Å². The van der Waals surface area contributed by atoms with E-state index in [1.807, 2.05) is 19.2 Å². The van der Waals surface area contributed by atoms with Gasteiger partial charge in [0.1, 0.15) is 17.3 Å². The highest BCUT2D eigenvalue weighted by molar-refractivity contribution is 5.46. The monoisotopic (exact) mass is 262 g/mol. The lowest BCUT2D eigenvalue weighted by atomic mass is 10.2. The zero-order valence-corrected chi connectivity index (χ0v) is 11.3. The Kier molecular flexibility index (Phi) is 4.58. The van der Waals surface area contributed by atoms with Crippen LogP contribution in [0, 0.1) is 5.82 Å². The summed E-state index contributed by atoms with van der Waals surface area (Å²) in [6.07, 6.45) is 0. The Balaban J connectivity index is 2.07. The van der Waals surface area contributed by atoms with Crippen LogP contribution < -0.4 is 10.2 Å². The molecule has 1 aromatic carbocycles. The first kappa shape index (κ1) is 13.6. The van der Waals surface area contributed by atoms with Crippen molar-refractivity contribution in [2.24, 2.45) is 0 Å². The molecule has 2 rings (SSSR count). The molecule has 0 fully saturated rings. The van der Waals surface area contributed by atoms with Gasteiger partial charge in [-0.1, -0.05) is 0 Å². The highest BCUT2D eigenvalue weighted by Crippen LogP contribution is 2.18. The summed E-state index contributed by atoms with van der Waals surface area (Å²) in [6, 6.07) is 10.5. The highest BCUT2D eigenvalue weighted by Gasteiger charge is 2.08. The number of hydrogen-bond acceptors (Lipinski definition) is 3. The first-order chi connectivity index (χ1) is 9.22. The first-order valence-corrected chi connectivity index (χ1v) is 6.45. The number of halogens is 1. The Morgan fingerprint density at radius 1 is 1.11 bits per heavy atom. The van der Waals surface area contributed by atoms with E-state index < -0.39 is 0 Å². The molecule has 0 aliphatic heterocycles. The molecule has 0 atom stereocenters. The summed E-state index contributed by atoms with van der Waals surface area (Å²) in [6.45, 7) is 4.32. The van der Waals surface area contributed by atoms with E-state index in [-0.39, 0.29) is 5.82 Å². The van der Waals surface area contributed by atoms with Crippen molar-refractivity contribution in [3.63, 3.8) is 0 Å². The number of benzene rings is 1. The number of hydrogen-bond donors (Lipinski definition) is 1. The van der Waals surface area contributed by atoms with Crippen LogP contribution in [0.3, 0.4) is 0 Å². The van der Waals surface area contributed by atoms with Gasteiger partial charge < -0.3 is 14.6 Å². The van der Waals surface area contributed by atoms with Gasteiger partial charge in [0, 0.05) is 12.2 Å². The Morgan fingerprint density at radius 2 is 1.79 bits per heavy atom. The van der Waals surface area contributed by atoms with Crippen LogP contribution in [0.2, 0.25) is 0 Å². The van der Waals surface area contributed by atoms with E-state index in [2.05, 4.69) is 17.1 Å². The van der Waals surface area contributed by atoms with Gasteiger partial charge in [-0.15, -0.1) is 0 Å². The molecule has 3 nitrogen and oxygen atoms in total. The van der Waals surface area contributed by atoms with Gasteiger partial charge in [0.25, 0.3) is 0 Å². The smallest absolute Gasteiger partial charge is 0.123 e.